The van der Waals surface area contributed by atoms with Crippen molar-refractivity contribution in [1.82, 2.24) is 5.32 Å². The van der Waals surface area contributed by atoms with Crippen LogP contribution in [-0.4, -0.2) is 25.1 Å². The Balaban J connectivity index is 1.91. The van der Waals surface area contributed by atoms with Crippen molar-refractivity contribution in [2.24, 2.45) is 10.7 Å². The van der Waals surface area contributed by atoms with Gasteiger partial charge in [0.1, 0.15) is 0 Å². The van der Waals surface area contributed by atoms with Gasteiger partial charge in [0.25, 0.3) is 0 Å². The number of hydrogen-bond donors (Lipinski definition) is 2. The van der Waals surface area contributed by atoms with Crippen LogP contribution in [0, 0.1) is 0 Å². The molecule has 1 aromatic carbocycles. The number of carbonyl (C=O) groups is 1. The second-order valence-electron chi connectivity index (χ2n) is 5.37. The highest BCUT2D eigenvalue weighted by Crippen LogP contribution is 2.17. The fourth-order valence-electron chi connectivity index (χ4n) is 2.59. The third-order valence-electron chi connectivity index (χ3n) is 3.74. The molecule has 2 rings (SSSR count). The highest BCUT2D eigenvalue weighted by Gasteiger charge is 2.13. The smallest absolute Gasteiger partial charge is 0.337 e. The maximum atomic E-state index is 11.5. The van der Waals surface area contributed by atoms with Gasteiger partial charge >= 0.3 is 5.97 Å². The summed E-state index contributed by atoms with van der Waals surface area (Å²) in [5.74, 6) is 0.138. The van der Waals surface area contributed by atoms with Crippen LogP contribution >= 0.6 is 0 Å². The maximum Gasteiger partial charge on any atom is 0.337 e. The molecule has 5 heteroatoms. The summed E-state index contributed by atoms with van der Waals surface area (Å²) in [5.41, 5.74) is 7.39. The van der Waals surface area contributed by atoms with Crippen LogP contribution in [0.3, 0.4) is 0 Å². The third-order valence-corrected chi connectivity index (χ3v) is 3.74. The van der Waals surface area contributed by atoms with E-state index in [4.69, 9.17) is 10.5 Å². The fraction of sp³-hybridized carbons (Fsp3) is 0.500. The van der Waals surface area contributed by atoms with E-state index in [0.717, 1.165) is 18.4 Å². The number of methoxy groups -OCH3 is 1. The van der Waals surface area contributed by atoms with Crippen LogP contribution in [0.2, 0.25) is 0 Å². The van der Waals surface area contributed by atoms with Crippen molar-refractivity contribution in [3.05, 3.63) is 35.4 Å². The van der Waals surface area contributed by atoms with Gasteiger partial charge in [-0.2, -0.15) is 0 Å². The molecule has 0 radical (unpaired) electrons. The molecule has 0 atom stereocenters. The van der Waals surface area contributed by atoms with Crippen LogP contribution in [0.15, 0.2) is 29.3 Å². The summed E-state index contributed by atoms with van der Waals surface area (Å²) in [5, 5.41) is 3.27. The molecule has 5 nitrogen and oxygen atoms in total. The Morgan fingerprint density at radius 2 is 2.14 bits per heavy atom. The molecule has 0 spiro atoms. The normalized spacial score (nSPS) is 16.5. The van der Waals surface area contributed by atoms with Crippen LogP contribution in [0.25, 0.3) is 0 Å². The Morgan fingerprint density at radius 1 is 1.38 bits per heavy atom. The highest BCUT2D eigenvalue weighted by molar-refractivity contribution is 5.89. The summed E-state index contributed by atoms with van der Waals surface area (Å²) >= 11 is 0. The van der Waals surface area contributed by atoms with E-state index >= 15 is 0 Å². The maximum absolute atomic E-state index is 11.5. The van der Waals surface area contributed by atoms with Crippen molar-refractivity contribution in [2.45, 2.75) is 44.7 Å². The molecule has 1 fully saturated rings. The van der Waals surface area contributed by atoms with Gasteiger partial charge in [-0.1, -0.05) is 31.4 Å². The van der Waals surface area contributed by atoms with E-state index in [-0.39, 0.29) is 5.97 Å². The summed E-state index contributed by atoms with van der Waals surface area (Å²) in [6.07, 6.45) is 6.15. The standard InChI is InChI=1S/C16H23N3O2/c1-21-15(20)13-7-5-6-12(10-13)11-18-16(17)19-14-8-3-2-4-9-14/h5-7,10,14H,2-4,8-9,11H2,1H3,(H3,17,18,19). The van der Waals surface area contributed by atoms with Gasteiger partial charge in [-0.3, -0.25) is 0 Å². The van der Waals surface area contributed by atoms with Crippen molar-refractivity contribution in [2.75, 3.05) is 7.11 Å². The molecule has 1 saturated carbocycles. The molecule has 1 aromatic rings. The van der Waals surface area contributed by atoms with Crippen molar-refractivity contribution >= 4 is 11.9 Å². The van der Waals surface area contributed by atoms with E-state index in [1.807, 2.05) is 12.1 Å². The van der Waals surface area contributed by atoms with Gasteiger partial charge in [0.05, 0.1) is 19.2 Å². The summed E-state index contributed by atoms with van der Waals surface area (Å²) in [7, 11) is 1.37. The minimum Gasteiger partial charge on any atom is -0.465 e. The van der Waals surface area contributed by atoms with Crippen LogP contribution in [-0.2, 0) is 11.3 Å². The first-order valence-electron chi connectivity index (χ1n) is 7.43. The first-order chi connectivity index (χ1) is 10.2. The molecule has 0 aromatic heterocycles. The van der Waals surface area contributed by atoms with Crippen LogP contribution in [0.1, 0.15) is 48.0 Å². The number of benzene rings is 1. The van der Waals surface area contributed by atoms with E-state index in [2.05, 4.69) is 10.3 Å². The number of nitrogens with zero attached hydrogens (tertiary/aromatic N) is 1. The van der Waals surface area contributed by atoms with Gasteiger partial charge < -0.3 is 15.8 Å². The Hall–Kier alpha value is -2.04. The topological polar surface area (TPSA) is 76.7 Å². The van der Waals surface area contributed by atoms with Gasteiger partial charge in [0, 0.05) is 6.04 Å². The van der Waals surface area contributed by atoms with E-state index in [1.165, 1.54) is 26.4 Å². The average molecular weight is 289 g/mol. The minimum atomic E-state index is -0.339. The molecule has 114 valence electrons. The largest absolute Gasteiger partial charge is 0.465 e. The molecule has 3 N–H and O–H groups in total. The first-order valence-corrected chi connectivity index (χ1v) is 7.43. The van der Waals surface area contributed by atoms with Gasteiger partial charge in [-0.15, -0.1) is 0 Å². The SMILES string of the molecule is COC(=O)c1cccc(CN=C(N)NC2CCCCC2)c1. The van der Waals surface area contributed by atoms with Crippen molar-refractivity contribution in [3.63, 3.8) is 0 Å². The van der Waals surface area contributed by atoms with Crippen molar-refractivity contribution in [1.29, 1.82) is 0 Å². The lowest BCUT2D eigenvalue weighted by Crippen LogP contribution is -2.41. The van der Waals surface area contributed by atoms with Gasteiger partial charge in [-0.05, 0) is 30.5 Å². The lowest BCUT2D eigenvalue weighted by molar-refractivity contribution is 0.0600. The predicted molar refractivity (Wildman–Crippen MR) is 83.1 cm³/mol. The van der Waals surface area contributed by atoms with E-state index in [1.54, 1.807) is 12.1 Å². The van der Waals surface area contributed by atoms with Crippen LogP contribution in [0.4, 0.5) is 0 Å². The molecule has 0 amide bonds. The zero-order chi connectivity index (χ0) is 15.1. The second kappa shape index (κ2) is 7.67. The van der Waals surface area contributed by atoms with Gasteiger partial charge in [-0.25, -0.2) is 9.79 Å². The summed E-state index contributed by atoms with van der Waals surface area (Å²) in [6.45, 7) is 0.455. The number of carbonyl (C=O) groups excluding carboxylic acids is 1. The Morgan fingerprint density at radius 3 is 2.86 bits per heavy atom. The van der Waals surface area contributed by atoms with Crippen molar-refractivity contribution in [3.8, 4) is 0 Å². The molecular formula is C16H23N3O2. The molecule has 0 unspecified atom stereocenters. The number of aliphatic imine (C=N–C) groups is 1. The van der Waals surface area contributed by atoms with Gasteiger partial charge in [0.2, 0.25) is 0 Å². The van der Waals surface area contributed by atoms with Crippen LogP contribution < -0.4 is 11.1 Å². The summed E-state index contributed by atoms with van der Waals surface area (Å²) < 4.78 is 4.71. The Kier molecular flexibility index (Phi) is 5.60. The van der Waals surface area contributed by atoms with E-state index < -0.39 is 0 Å². The van der Waals surface area contributed by atoms with Crippen LogP contribution in [0.5, 0.6) is 0 Å². The molecule has 0 heterocycles. The number of nitrogens with one attached hydrogen (secondary N) is 1. The zero-order valence-corrected chi connectivity index (χ0v) is 12.5. The second-order valence-corrected chi connectivity index (χ2v) is 5.37. The first kappa shape index (κ1) is 15.4. The molecule has 0 bridgehead atoms. The van der Waals surface area contributed by atoms with Crippen molar-refractivity contribution < 1.29 is 9.53 Å². The number of ether oxygens (including phenoxy) is 1. The number of guanidine groups is 1. The van der Waals surface area contributed by atoms with E-state index in [9.17, 15) is 4.79 Å². The summed E-state index contributed by atoms with van der Waals surface area (Å²) in [6, 6.07) is 7.70. The number of nitrogens with two attached hydrogens (primary N) is 1. The molecule has 21 heavy (non-hydrogen) atoms. The molecule has 1 aliphatic rings. The minimum absolute atomic E-state index is 0.339. The molecule has 0 aliphatic heterocycles. The zero-order valence-electron chi connectivity index (χ0n) is 12.5. The van der Waals surface area contributed by atoms with E-state index in [0.29, 0.717) is 24.1 Å². The lowest BCUT2D eigenvalue weighted by atomic mass is 9.96. The number of hydrogen-bond acceptors (Lipinski definition) is 3. The predicted octanol–water partition coefficient (Wildman–Crippen LogP) is 2.21. The third kappa shape index (κ3) is 4.77. The number of esters is 1. The Labute approximate surface area is 125 Å². The number of rotatable bonds is 4. The quantitative estimate of drug-likeness (QED) is 0.506. The lowest BCUT2D eigenvalue weighted by Gasteiger charge is -2.23. The molecule has 1 aliphatic carbocycles. The highest BCUT2D eigenvalue weighted by atomic mass is 16.5. The fourth-order valence-corrected chi connectivity index (χ4v) is 2.59. The van der Waals surface area contributed by atoms with Gasteiger partial charge in [0.15, 0.2) is 5.96 Å². The summed E-state index contributed by atoms with van der Waals surface area (Å²) in [4.78, 5) is 15.8. The molecular weight excluding hydrogens is 266 g/mol. The molecule has 0 saturated heterocycles. The Bertz CT molecular complexity index is 508. The monoisotopic (exact) mass is 289 g/mol. The average Bonchev–Trinajstić information content (AvgIpc) is 2.53.